The second kappa shape index (κ2) is 7.28. The molecule has 1 atom stereocenters. The Labute approximate surface area is 79.2 Å². The molecule has 12 heavy (non-hydrogen) atoms. The second-order valence-electron chi connectivity index (χ2n) is 2.77. The molecular weight excluding hydrogens is 170 g/mol. The van der Waals surface area contributed by atoms with Gasteiger partial charge in [-0.25, -0.2) is 0 Å². The smallest absolute Gasteiger partial charge is 0.188 e. The number of guanidine groups is 1. The van der Waals surface area contributed by atoms with Crippen LogP contribution in [0.5, 0.6) is 0 Å². The summed E-state index contributed by atoms with van der Waals surface area (Å²) < 4.78 is 0. The molecule has 3 nitrogen and oxygen atoms in total. The number of nitrogens with zero attached hydrogens (tertiary/aromatic N) is 1. The highest BCUT2D eigenvalue weighted by molar-refractivity contribution is 7.98. The standard InChI is InChI=1S/C8H19N3S/c1-4-5-10-8(9)11-7(2)6-12-3/h7H,4-6H2,1-3H3,(H3,9,10,11). The lowest BCUT2D eigenvalue weighted by molar-refractivity contribution is 0.733. The summed E-state index contributed by atoms with van der Waals surface area (Å²) in [5.74, 6) is 1.63. The minimum atomic E-state index is 0.403. The first-order valence-electron chi connectivity index (χ1n) is 4.26. The van der Waals surface area contributed by atoms with Gasteiger partial charge in [0, 0.05) is 18.3 Å². The Kier molecular flexibility index (Phi) is 7.05. The quantitative estimate of drug-likeness (QED) is 0.502. The Morgan fingerprint density at radius 2 is 2.33 bits per heavy atom. The van der Waals surface area contributed by atoms with Gasteiger partial charge in [0.25, 0.3) is 0 Å². The summed E-state index contributed by atoms with van der Waals surface area (Å²) in [7, 11) is 0. The van der Waals surface area contributed by atoms with E-state index in [-0.39, 0.29) is 0 Å². The van der Waals surface area contributed by atoms with Crippen LogP contribution in [0.4, 0.5) is 0 Å². The lowest BCUT2D eigenvalue weighted by Crippen LogP contribution is -2.39. The molecule has 72 valence electrons. The molecule has 0 aromatic rings. The third kappa shape index (κ3) is 6.34. The van der Waals surface area contributed by atoms with Crippen LogP contribution in [0.25, 0.3) is 0 Å². The van der Waals surface area contributed by atoms with Gasteiger partial charge in [-0.15, -0.1) is 0 Å². The Morgan fingerprint density at radius 3 is 2.83 bits per heavy atom. The molecule has 0 saturated carbocycles. The summed E-state index contributed by atoms with van der Waals surface area (Å²) in [6, 6.07) is 0.403. The highest BCUT2D eigenvalue weighted by Gasteiger charge is 1.99. The van der Waals surface area contributed by atoms with Gasteiger partial charge in [-0.1, -0.05) is 6.92 Å². The van der Waals surface area contributed by atoms with E-state index >= 15 is 0 Å². The molecule has 0 rings (SSSR count). The van der Waals surface area contributed by atoms with Gasteiger partial charge in [0.2, 0.25) is 0 Å². The van der Waals surface area contributed by atoms with Crippen LogP contribution < -0.4 is 11.1 Å². The van der Waals surface area contributed by atoms with Gasteiger partial charge in [-0.3, -0.25) is 4.99 Å². The number of nitrogens with two attached hydrogens (primary N) is 1. The van der Waals surface area contributed by atoms with Crippen LogP contribution in [0.3, 0.4) is 0 Å². The van der Waals surface area contributed by atoms with Crippen molar-refractivity contribution in [3.8, 4) is 0 Å². The highest BCUT2D eigenvalue weighted by atomic mass is 32.2. The lowest BCUT2D eigenvalue weighted by Gasteiger charge is -2.12. The molecule has 0 heterocycles. The molecule has 0 bridgehead atoms. The van der Waals surface area contributed by atoms with Gasteiger partial charge in [0.05, 0.1) is 0 Å². The summed E-state index contributed by atoms with van der Waals surface area (Å²) in [5.41, 5.74) is 5.62. The van der Waals surface area contributed by atoms with Crippen LogP contribution in [0.1, 0.15) is 20.3 Å². The van der Waals surface area contributed by atoms with E-state index in [0.29, 0.717) is 12.0 Å². The van der Waals surface area contributed by atoms with E-state index in [1.165, 1.54) is 0 Å². The van der Waals surface area contributed by atoms with E-state index in [2.05, 4.69) is 30.4 Å². The van der Waals surface area contributed by atoms with E-state index < -0.39 is 0 Å². The second-order valence-corrected chi connectivity index (χ2v) is 3.68. The number of rotatable bonds is 5. The number of thioether (sulfide) groups is 1. The summed E-state index contributed by atoms with van der Waals surface area (Å²) in [4.78, 5) is 4.14. The van der Waals surface area contributed by atoms with Crippen LogP contribution in [-0.2, 0) is 0 Å². The fraction of sp³-hybridized carbons (Fsp3) is 0.875. The predicted octanol–water partition coefficient (Wildman–Crippen LogP) is 1.05. The van der Waals surface area contributed by atoms with Gasteiger partial charge < -0.3 is 11.1 Å². The van der Waals surface area contributed by atoms with E-state index in [9.17, 15) is 0 Å². The third-order valence-electron chi connectivity index (χ3n) is 1.32. The van der Waals surface area contributed by atoms with Crippen molar-refractivity contribution in [2.24, 2.45) is 10.7 Å². The fourth-order valence-electron chi connectivity index (χ4n) is 0.822. The maximum Gasteiger partial charge on any atom is 0.188 e. The van der Waals surface area contributed by atoms with Crippen molar-refractivity contribution in [3.63, 3.8) is 0 Å². The molecule has 1 unspecified atom stereocenters. The average Bonchev–Trinajstić information content (AvgIpc) is 2.01. The van der Waals surface area contributed by atoms with E-state index in [1.54, 1.807) is 11.8 Å². The van der Waals surface area contributed by atoms with Crippen molar-refractivity contribution >= 4 is 17.7 Å². The molecule has 0 amide bonds. The maximum atomic E-state index is 5.62. The first-order valence-corrected chi connectivity index (χ1v) is 5.65. The summed E-state index contributed by atoms with van der Waals surface area (Å²) in [6.07, 6.45) is 3.12. The first kappa shape index (κ1) is 11.6. The summed E-state index contributed by atoms with van der Waals surface area (Å²) in [5, 5.41) is 3.12. The van der Waals surface area contributed by atoms with Crippen molar-refractivity contribution in [3.05, 3.63) is 0 Å². The number of hydrogen-bond acceptors (Lipinski definition) is 2. The molecule has 0 aliphatic heterocycles. The Balaban J connectivity index is 3.59. The Bertz CT molecular complexity index is 136. The van der Waals surface area contributed by atoms with Gasteiger partial charge in [-0.05, 0) is 19.6 Å². The van der Waals surface area contributed by atoms with Gasteiger partial charge in [0.15, 0.2) is 5.96 Å². The predicted molar refractivity (Wildman–Crippen MR) is 57.8 cm³/mol. The molecule has 3 N–H and O–H groups in total. The molecule has 0 aromatic heterocycles. The largest absolute Gasteiger partial charge is 0.370 e. The van der Waals surface area contributed by atoms with Gasteiger partial charge in [-0.2, -0.15) is 11.8 Å². The summed E-state index contributed by atoms with van der Waals surface area (Å²) >= 11 is 1.80. The lowest BCUT2D eigenvalue weighted by atomic mass is 10.4. The molecule has 0 aromatic carbocycles. The van der Waals surface area contributed by atoms with Crippen LogP contribution in [-0.4, -0.2) is 30.6 Å². The topological polar surface area (TPSA) is 50.4 Å². The monoisotopic (exact) mass is 189 g/mol. The van der Waals surface area contributed by atoms with Crippen molar-refractivity contribution in [2.45, 2.75) is 26.3 Å². The molecular formula is C8H19N3S. The van der Waals surface area contributed by atoms with E-state index in [1.807, 2.05) is 0 Å². The van der Waals surface area contributed by atoms with E-state index in [0.717, 1.165) is 18.7 Å². The molecule has 0 saturated heterocycles. The number of nitrogens with one attached hydrogen (secondary N) is 1. The van der Waals surface area contributed by atoms with Crippen LogP contribution >= 0.6 is 11.8 Å². The Hall–Kier alpha value is -0.380. The van der Waals surface area contributed by atoms with Crippen molar-refractivity contribution in [1.29, 1.82) is 0 Å². The summed E-state index contributed by atoms with van der Waals surface area (Å²) in [6.45, 7) is 5.00. The maximum absolute atomic E-state index is 5.62. The average molecular weight is 189 g/mol. The van der Waals surface area contributed by atoms with Gasteiger partial charge in [0.1, 0.15) is 0 Å². The van der Waals surface area contributed by atoms with Crippen LogP contribution in [0.2, 0.25) is 0 Å². The van der Waals surface area contributed by atoms with Crippen molar-refractivity contribution < 1.29 is 0 Å². The molecule has 4 heteroatoms. The van der Waals surface area contributed by atoms with Crippen molar-refractivity contribution in [1.82, 2.24) is 5.32 Å². The normalized spacial score (nSPS) is 14.4. The number of hydrogen-bond donors (Lipinski definition) is 2. The number of aliphatic imine (C=N–C) groups is 1. The minimum Gasteiger partial charge on any atom is -0.370 e. The third-order valence-corrected chi connectivity index (χ3v) is 2.15. The minimum absolute atomic E-state index is 0.403. The van der Waals surface area contributed by atoms with E-state index in [4.69, 9.17) is 5.73 Å². The SMILES string of the molecule is CCCN=C(N)NC(C)CSC. The zero-order chi connectivity index (χ0) is 9.40. The van der Waals surface area contributed by atoms with Crippen molar-refractivity contribution in [2.75, 3.05) is 18.6 Å². The van der Waals surface area contributed by atoms with Crippen LogP contribution in [0, 0.1) is 0 Å². The molecule has 0 fully saturated rings. The molecule has 0 aliphatic rings. The zero-order valence-corrected chi connectivity index (χ0v) is 8.95. The molecule has 0 radical (unpaired) electrons. The van der Waals surface area contributed by atoms with Crippen LogP contribution in [0.15, 0.2) is 4.99 Å². The fourth-order valence-corrected chi connectivity index (χ4v) is 1.41. The molecule has 0 aliphatic carbocycles. The highest BCUT2D eigenvalue weighted by Crippen LogP contribution is 1.95. The molecule has 0 spiro atoms. The Morgan fingerprint density at radius 1 is 1.67 bits per heavy atom. The first-order chi connectivity index (χ1) is 5.70. The van der Waals surface area contributed by atoms with Gasteiger partial charge >= 0.3 is 0 Å². The zero-order valence-electron chi connectivity index (χ0n) is 8.13.